The van der Waals surface area contributed by atoms with E-state index in [2.05, 4.69) is 6.07 Å². The lowest BCUT2D eigenvalue weighted by Gasteiger charge is -2.19. The van der Waals surface area contributed by atoms with Gasteiger partial charge in [-0.2, -0.15) is 0 Å². The second-order valence-corrected chi connectivity index (χ2v) is 4.45. The van der Waals surface area contributed by atoms with Crippen molar-refractivity contribution in [2.45, 2.75) is 26.4 Å². The van der Waals surface area contributed by atoms with Crippen LogP contribution in [0.2, 0.25) is 0 Å². The zero-order valence-corrected chi connectivity index (χ0v) is 9.09. The Hall–Kier alpha value is -0.730. The average Bonchev–Trinajstić information content (AvgIpc) is 2.29. The number of rotatable bonds is 0. The third-order valence-electron chi connectivity index (χ3n) is 3.09. The van der Waals surface area contributed by atoms with Gasteiger partial charge in [0.05, 0.1) is 5.60 Å². The smallest absolute Gasteiger partial charge is 0.423 e. The lowest BCUT2D eigenvalue weighted by Crippen LogP contribution is -2.41. The third kappa shape index (κ3) is 1.22. The van der Waals surface area contributed by atoms with E-state index in [1.165, 1.54) is 5.56 Å². The van der Waals surface area contributed by atoms with Gasteiger partial charge in [-0.3, -0.25) is 0 Å². The molecule has 0 fully saturated rings. The summed E-state index contributed by atoms with van der Waals surface area (Å²) in [6.07, 6.45) is 0. The molecular weight excluding hydrogens is 174 g/mol. The SMILES string of the molecule is Bc1c(C)ccc2c1B(O)OC2(C)C. The van der Waals surface area contributed by atoms with Crippen molar-refractivity contribution in [1.29, 1.82) is 0 Å². The Balaban J connectivity index is 2.69. The van der Waals surface area contributed by atoms with Gasteiger partial charge in [-0.1, -0.05) is 23.2 Å². The molecule has 0 aromatic heterocycles. The highest BCUT2D eigenvalue weighted by Crippen LogP contribution is 2.28. The van der Waals surface area contributed by atoms with Crippen LogP contribution in [-0.2, 0) is 10.3 Å². The first-order chi connectivity index (χ1) is 6.43. The average molecular weight is 188 g/mol. The van der Waals surface area contributed by atoms with E-state index in [4.69, 9.17) is 4.65 Å². The van der Waals surface area contributed by atoms with Crippen molar-refractivity contribution in [2.24, 2.45) is 0 Å². The largest absolute Gasteiger partial charge is 0.491 e. The summed E-state index contributed by atoms with van der Waals surface area (Å²) in [4.78, 5) is 0. The van der Waals surface area contributed by atoms with E-state index in [1.54, 1.807) is 0 Å². The molecule has 1 aliphatic rings. The van der Waals surface area contributed by atoms with Crippen molar-refractivity contribution in [1.82, 2.24) is 0 Å². The lowest BCUT2D eigenvalue weighted by molar-refractivity contribution is 0.101. The summed E-state index contributed by atoms with van der Waals surface area (Å²) in [6, 6.07) is 4.13. The highest BCUT2D eigenvalue weighted by atomic mass is 16.5. The van der Waals surface area contributed by atoms with Crippen LogP contribution in [0.25, 0.3) is 0 Å². The number of fused-ring (bicyclic) bond motifs is 1. The van der Waals surface area contributed by atoms with E-state index in [9.17, 15) is 5.02 Å². The van der Waals surface area contributed by atoms with Gasteiger partial charge in [-0.25, -0.2) is 0 Å². The van der Waals surface area contributed by atoms with Crippen molar-refractivity contribution >= 4 is 25.9 Å². The van der Waals surface area contributed by atoms with Gasteiger partial charge in [-0.05, 0) is 31.8 Å². The lowest BCUT2D eigenvalue weighted by atomic mass is 9.68. The van der Waals surface area contributed by atoms with Gasteiger partial charge < -0.3 is 9.68 Å². The summed E-state index contributed by atoms with van der Waals surface area (Å²) >= 11 is 0. The fourth-order valence-electron chi connectivity index (χ4n) is 2.08. The Morgan fingerprint density at radius 2 is 2.07 bits per heavy atom. The molecule has 1 aromatic carbocycles. The standard InChI is InChI=1S/C10H14B2O2/c1-6-4-5-7-9(8(6)11)12(13)14-10(7,2)3/h4-5,13H,11H2,1-3H3. The maximum atomic E-state index is 9.80. The molecule has 0 spiro atoms. The van der Waals surface area contributed by atoms with Crippen LogP contribution in [0.1, 0.15) is 25.0 Å². The second kappa shape index (κ2) is 2.88. The van der Waals surface area contributed by atoms with Crippen LogP contribution in [-0.4, -0.2) is 20.0 Å². The minimum Gasteiger partial charge on any atom is -0.423 e. The molecule has 1 aromatic rings. The number of benzene rings is 1. The van der Waals surface area contributed by atoms with Crippen LogP contribution in [0, 0.1) is 6.92 Å². The summed E-state index contributed by atoms with van der Waals surface area (Å²) in [6.45, 7) is 6.02. The topological polar surface area (TPSA) is 29.5 Å². The van der Waals surface area contributed by atoms with Crippen LogP contribution in [0.15, 0.2) is 12.1 Å². The van der Waals surface area contributed by atoms with Crippen LogP contribution >= 0.6 is 0 Å². The normalized spacial score (nSPS) is 18.4. The summed E-state index contributed by atoms with van der Waals surface area (Å²) in [7, 11) is 1.27. The molecular formula is C10H14B2O2. The molecule has 1 heterocycles. The number of aryl methyl sites for hydroxylation is 1. The third-order valence-corrected chi connectivity index (χ3v) is 3.09. The summed E-state index contributed by atoms with van der Waals surface area (Å²) < 4.78 is 5.51. The van der Waals surface area contributed by atoms with Crippen molar-refractivity contribution in [3.8, 4) is 0 Å². The zero-order chi connectivity index (χ0) is 10.5. The first-order valence-corrected chi connectivity index (χ1v) is 4.90. The molecule has 0 atom stereocenters. The Labute approximate surface area is 85.8 Å². The first-order valence-electron chi connectivity index (χ1n) is 4.90. The number of hydrogen-bond donors (Lipinski definition) is 1. The molecule has 0 saturated heterocycles. The molecule has 0 aliphatic carbocycles. The molecule has 72 valence electrons. The summed E-state index contributed by atoms with van der Waals surface area (Å²) in [5.41, 5.74) is 4.03. The van der Waals surface area contributed by atoms with Gasteiger partial charge in [0.15, 0.2) is 0 Å². The van der Waals surface area contributed by atoms with Crippen molar-refractivity contribution in [3.05, 3.63) is 23.3 Å². The molecule has 0 radical (unpaired) electrons. The molecule has 4 heteroatoms. The Morgan fingerprint density at radius 3 is 2.71 bits per heavy atom. The highest BCUT2D eigenvalue weighted by Gasteiger charge is 2.41. The minimum absolute atomic E-state index is 0.368. The molecule has 1 N–H and O–H groups in total. The Morgan fingerprint density at radius 1 is 1.43 bits per heavy atom. The monoisotopic (exact) mass is 188 g/mol. The quantitative estimate of drug-likeness (QED) is 0.540. The van der Waals surface area contributed by atoms with Gasteiger partial charge in [0.25, 0.3) is 0 Å². The molecule has 0 saturated carbocycles. The van der Waals surface area contributed by atoms with Gasteiger partial charge in [-0.15, -0.1) is 0 Å². The minimum atomic E-state index is -0.764. The van der Waals surface area contributed by atoms with Gasteiger partial charge >= 0.3 is 7.12 Å². The van der Waals surface area contributed by atoms with Gasteiger partial charge in [0.1, 0.15) is 7.85 Å². The molecule has 0 bridgehead atoms. The van der Waals surface area contributed by atoms with E-state index in [0.717, 1.165) is 16.5 Å². The molecule has 14 heavy (non-hydrogen) atoms. The summed E-state index contributed by atoms with van der Waals surface area (Å²) in [5, 5.41) is 9.80. The van der Waals surface area contributed by atoms with Crippen molar-refractivity contribution < 1.29 is 9.68 Å². The van der Waals surface area contributed by atoms with Gasteiger partial charge in [0.2, 0.25) is 0 Å². The van der Waals surface area contributed by atoms with Crippen molar-refractivity contribution in [2.75, 3.05) is 0 Å². The molecule has 2 rings (SSSR count). The Kier molecular flexibility index (Phi) is 2.02. The zero-order valence-electron chi connectivity index (χ0n) is 9.09. The van der Waals surface area contributed by atoms with E-state index in [0.29, 0.717) is 0 Å². The van der Waals surface area contributed by atoms with E-state index in [-0.39, 0.29) is 5.60 Å². The van der Waals surface area contributed by atoms with E-state index in [1.807, 2.05) is 34.7 Å². The van der Waals surface area contributed by atoms with Gasteiger partial charge in [0, 0.05) is 0 Å². The predicted molar refractivity (Wildman–Crippen MR) is 61.1 cm³/mol. The molecule has 1 aliphatic heterocycles. The molecule has 2 nitrogen and oxygen atoms in total. The van der Waals surface area contributed by atoms with Crippen LogP contribution in [0.4, 0.5) is 0 Å². The maximum absolute atomic E-state index is 9.80. The Bertz CT molecular complexity index is 388. The highest BCUT2D eigenvalue weighted by molar-refractivity contribution is 6.67. The molecule has 0 unspecified atom stereocenters. The molecule has 0 amide bonds. The fraction of sp³-hybridized carbons (Fsp3) is 0.400. The predicted octanol–water partition coefficient (Wildman–Crippen LogP) is -0.794. The number of hydrogen-bond acceptors (Lipinski definition) is 2. The maximum Gasteiger partial charge on any atom is 0.491 e. The van der Waals surface area contributed by atoms with Crippen LogP contribution in [0.5, 0.6) is 0 Å². The van der Waals surface area contributed by atoms with E-state index >= 15 is 0 Å². The first kappa shape index (κ1) is 9.81. The van der Waals surface area contributed by atoms with E-state index < -0.39 is 7.12 Å². The van der Waals surface area contributed by atoms with Crippen molar-refractivity contribution in [3.63, 3.8) is 0 Å². The van der Waals surface area contributed by atoms with Crippen LogP contribution < -0.4 is 10.9 Å². The second-order valence-electron chi connectivity index (χ2n) is 4.45. The van der Waals surface area contributed by atoms with Crippen LogP contribution in [0.3, 0.4) is 0 Å². The fourth-order valence-corrected chi connectivity index (χ4v) is 2.08. The summed E-state index contributed by atoms with van der Waals surface area (Å²) in [5.74, 6) is 0.